The second-order valence-electron chi connectivity index (χ2n) is 8.91. The number of nitrogens with one attached hydrogen (secondary N) is 1. The first kappa shape index (κ1) is 24.0. The number of aliphatic hydroxyl groups excluding tert-OH is 1. The van der Waals surface area contributed by atoms with Gasteiger partial charge in [-0.3, -0.25) is 9.78 Å². The van der Waals surface area contributed by atoms with Crippen molar-refractivity contribution in [2.24, 2.45) is 0 Å². The Morgan fingerprint density at radius 2 is 1.79 bits per heavy atom. The molecule has 0 fully saturated rings. The number of carbonyl (C=O) groups excluding carboxylic acids is 1. The number of rotatable bonds is 7. The summed E-state index contributed by atoms with van der Waals surface area (Å²) >= 11 is 0. The zero-order chi connectivity index (χ0) is 24.0. The van der Waals surface area contributed by atoms with E-state index in [1.54, 1.807) is 18.3 Å². The Bertz CT molecular complexity index is 1160. The van der Waals surface area contributed by atoms with E-state index in [-0.39, 0.29) is 31.1 Å². The predicted octanol–water partition coefficient (Wildman–Crippen LogP) is 5.24. The summed E-state index contributed by atoms with van der Waals surface area (Å²) in [4.78, 5) is 20.4. The Balaban J connectivity index is 1.71. The molecular formula is C27H29N3O3. The van der Waals surface area contributed by atoms with Gasteiger partial charge in [0.1, 0.15) is 12.4 Å². The maximum Gasteiger partial charge on any atom is 0.251 e. The Morgan fingerprint density at radius 1 is 1.12 bits per heavy atom. The number of aryl methyl sites for hydroxylation is 1. The average molecular weight is 444 g/mol. The van der Waals surface area contributed by atoms with E-state index < -0.39 is 0 Å². The first-order chi connectivity index (χ1) is 15.7. The lowest BCUT2D eigenvalue weighted by Gasteiger charge is -2.19. The summed E-state index contributed by atoms with van der Waals surface area (Å²) < 4.78 is 5.98. The quantitative estimate of drug-likeness (QED) is 0.490. The van der Waals surface area contributed by atoms with E-state index in [1.807, 2.05) is 43.3 Å². The minimum atomic E-state index is -0.235. The first-order valence-corrected chi connectivity index (χ1v) is 10.8. The summed E-state index contributed by atoms with van der Waals surface area (Å²) in [5.41, 5.74) is 5.19. The Morgan fingerprint density at radius 3 is 2.36 bits per heavy atom. The monoisotopic (exact) mass is 443 g/mol. The number of benzene rings is 2. The fraction of sp³-hybridized carbons (Fsp3) is 0.296. The lowest BCUT2D eigenvalue weighted by molar-refractivity contribution is 0.0950. The van der Waals surface area contributed by atoms with Crippen LogP contribution in [0, 0.1) is 13.5 Å². The number of pyridine rings is 1. The van der Waals surface area contributed by atoms with Crippen LogP contribution in [0.2, 0.25) is 0 Å². The highest BCUT2D eigenvalue weighted by Gasteiger charge is 2.16. The van der Waals surface area contributed by atoms with Gasteiger partial charge in [-0.05, 0) is 41.2 Å². The third-order valence-corrected chi connectivity index (χ3v) is 5.46. The molecule has 0 saturated carbocycles. The van der Waals surface area contributed by atoms with Crippen LogP contribution >= 0.6 is 0 Å². The normalized spacial score (nSPS) is 11.0. The van der Waals surface area contributed by atoms with Crippen molar-refractivity contribution >= 4 is 11.6 Å². The van der Waals surface area contributed by atoms with Crippen LogP contribution < -0.4 is 10.1 Å². The van der Waals surface area contributed by atoms with Gasteiger partial charge in [0.05, 0.1) is 18.9 Å². The van der Waals surface area contributed by atoms with E-state index in [0.717, 1.165) is 11.1 Å². The van der Waals surface area contributed by atoms with Crippen LogP contribution in [0.4, 0.5) is 5.69 Å². The van der Waals surface area contributed by atoms with Crippen molar-refractivity contribution in [1.82, 2.24) is 10.3 Å². The fourth-order valence-electron chi connectivity index (χ4n) is 3.41. The van der Waals surface area contributed by atoms with Crippen molar-refractivity contribution in [2.75, 3.05) is 0 Å². The van der Waals surface area contributed by atoms with Crippen molar-refractivity contribution < 1.29 is 14.6 Å². The van der Waals surface area contributed by atoms with Crippen LogP contribution in [-0.4, -0.2) is 16.0 Å². The molecule has 3 aromatic rings. The number of aromatic nitrogens is 1. The molecule has 0 aliphatic carbocycles. The molecule has 0 aliphatic rings. The largest absolute Gasteiger partial charge is 0.487 e. The van der Waals surface area contributed by atoms with Crippen molar-refractivity contribution in [3.05, 3.63) is 99.7 Å². The van der Waals surface area contributed by atoms with Gasteiger partial charge in [0.15, 0.2) is 5.69 Å². The highest BCUT2D eigenvalue weighted by Crippen LogP contribution is 2.27. The number of hydrogen-bond acceptors (Lipinski definition) is 4. The maximum absolute atomic E-state index is 12.6. The Labute approximate surface area is 195 Å². The molecule has 6 heteroatoms. The molecule has 33 heavy (non-hydrogen) atoms. The van der Waals surface area contributed by atoms with Crippen molar-refractivity contribution in [2.45, 2.75) is 52.9 Å². The van der Waals surface area contributed by atoms with Crippen molar-refractivity contribution in [3.8, 4) is 5.75 Å². The van der Waals surface area contributed by atoms with Crippen LogP contribution in [0.3, 0.4) is 0 Å². The zero-order valence-electron chi connectivity index (χ0n) is 19.5. The molecule has 3 rings (SSSR count). The van der Waals surface area contributed by atoms with Gasteiger partial charge in [0, 0.05) is 23.9 Å². The van der Waals surface area contributed by atoms with Gasteiger partial charge in [0.25, 0.3) is 5.91 Å². The van der Waals surface area contributed by atoms with Crippen molar-refractivity contribution in [1.29, 1.82) is 0 Å². The predicted molar refractivity (Wildman–Crippen MR) is 128 cm³/mol. The minimum absolute atomic E-state index is 0.0218. The molecule has 1 amide bonds. The molecule has 2 aromatic carbocycles. The molecule has 0 unspecified atom stereocenters. The van der Waals surface area contributed by atoms with Crippen LogP contribution in [0.1, 0.15) is 59.1 Å². The van der Waals surface area contributed by atoms with E-state index in [4.69, 9.17) is 11.3 Å². The van der Waals surface area contributed by atoms with Gasteiger partial charge < -0.3 is 15.2 Å². The van der Waals surface area contributed by atoms with Crippen LogP contribution in [0.15, 0.2) is 54.7 Å². The SMILES string of the molecule is [C-]#[N+]c1ccc(COc2c(C)ncc(CNC(=O)c3ccc(C(C)(C)C)cc3)c2CO)cc1. The van der Waals surface area contributed by atoms with Gasteiger partial charge in [-0.2, -0.15) is 0 Å². The van der Waals surface area contributed by atoms with Crippen LogP contribution in [-0.2, 0) is 25.2 Å². The van der Waals surface area contributed by atoms with Crippen molar-refractivity contribution in [3.63, 3.8) is 0 Å². The fourth-order valence-corrected chi connectivity index (χ4v) is 3.41. The van der Waals surface area contributed by atoms with Crippen LogP contribution in [0.25, 0.3) is 4.85 Å². The zero-order valence-corrected chi connectivity index (χ0v) is 19.5. The Kier molecular flexibility index (Phi) is 7.47. The third-order valence-electron chi connectivity index (χ3n) is 5.46. The molecule has 0 bridgehead atoms. The molecule has 2 N–H and O–H groups in total. The summed E-state index contributed by atoms with van der Waals surface area (Å²) in [6.45, 7) is 15.5. The molecule has 0 saturated heterocycles. The number of ether oxygens (including phenoxy) is 1. The van der Waals surface area contributed by atoms with E-state index in [2.05, 4.69) is 35.9 Å². The number of nitrogens with zero attached hydrogens (tertiary/aromatic N) is 2. The Hall–Kier alpha value is -3.69. The summed E-state index contributed by atoms with van der Waals surface area (Å²) in [5, 5.41) is 12.9. The topological polar surface area (TPSA) is 75.8 Å². The molecule has 170 valence electrons. The molecule has 0 atom stereocenters. The van der Waals surface area contributed by atoms with Gasteiger partial charge in [0.2, 0.25) is 0 Å². The molecule has 0 aliphatic heterocycles. The maximum atomic E-state index is 12.6. The standard InChI is InChI=1S/C27H29N3O3/c1-18-25(33-17-19-6-12-23(28-5)13-7-19)24(16-31)21(14-29-18)15-30-26(32)20-8-10-22(11-9-20)27(2,3)4/h6-14,31H,15-17H2,1-4H3,(H,30,32). The van der Waals surface area contributed by atoms with Gasteiger partial charge in [-0.15, -0.1) is 0 Å². The van der Waals surface area contributed by atoms with Crippen LogP contribution in [0.5, 0.6) is 5.75 Å². The second kappa shape index (κ2) is 10.3. The molecule has 1 aromatic heterocycles. The molecular weight excluding hydrogens is 414 g/mol. The highest BCUT2D eigenvalue weighted by molar-refractivity contribution is 5.94. The summed E-state index contributed by atoms with van der Waals surface area (Å²) in [6, 6.07) is 14.7. The van der Waals surface area contributed by atoms with E-state index in [1.165, 1.54) is 0 Å². The molecule has 0 radical (unpaired) electrons. The summed E-state index contributed by atoms with van der Waals surface area (Å²) in [6.07, 6.45) is 1.65. The molecule has 0 spiro atoms. The summed E-state index contributed by atoms with van der Waals surface area (Å²) in [5.74, 6) is 0.315. The lowest BCUT2D eigenvalue weighted by Crippen LogP contribution is -2.24. The average Bonchev–Trinajstić information content (AvgIpc) is 2.81. The van der Waals surface area contributed by atoms with E-state index in [0.29, 0.717) is 33.8 Å². The summed E-state index contributed by atoms with van der Waals surface area (Å²) in [7, 11) is 0. The third kappa shape index (κ3) is 5.97. The number of aliphatic hydroxyl groups is 1. The van der Waals surface area contributed by atoms with Gasteiger partial charge >= 0.3 is 0 Å². The minimum Gasteiger partial charge on any atom is -0.487 e. The van der Waals surface area contributed by atoms with Gasteiger partial charge in [-0.1, -0.05) is 57.2 Å². The number of hydrogen-bond donors (Lipinski definition) is 2. The van der Waals surface area contributed by atoms with E-state index >= 15 is 0 Å². The van der Waals surface area contributed by atoms with E-state index in [9.17, 15) is 9.90 Å². The first-order valence-electron chi connectivity index (χ1n) is 10.8. The number of carbonyl (C=O) groups is 1. The molecule has 6 nitrogen and oxygen atoms in total. The number of amides is 1. The smallest absolute Gasteiger partial charge is 0.251 e. The van der Waals surface area contributed by atoms with Gasteiger partial charge in [-0.25, -0.2) is 4.85 Å². The lowest BCUT2D eigenvalue weighted by atomic mass is 9.87. The highest BCUT2D eigenvalue weighted by atomic mass is 16.5. The second-order valence-corrected chi connectivity index (χ2v) is 8.91. The molecule has 1 heterocycles.